The van der Waals surface area contributed by atoms with Crippen LogP contribution in [0.5, 0.6) is 0 Å². The van der Waals surface area contributed by atoms with E-state index in [1.54, 1.807) is 40.8 Å². The molecule has 0 radical (unpaired) electrons. The van der Waals surface area contributed by atoms with Gasteiger partial charge in [-0.15, -0.1) is 0 Å². The Morgan fingerprint density at radius 3 is 2.00 bits per heavy atom. The Bertz CT molecular complexity index is 1760. The number of rotatable bonds is 2. The van der Waals surface area contributed by atoms with Crippen molar-refractivity contribution in [2.45, 2.75) is 9.79 Å². The van der Waals surface area contributed by atoms with Crippen LogP contribution < -0.4 is 5.73 Å². The zero-order chi connectivity index (χ0) is 21.2. The Morgan fingerprint density at radius 1 is 0.677 bits per heavy atom. The highest BCUT2D eigenvalue weighted by Gasteiger charge is 2.29. The summed E-state index contributed by atoms with van der Waals surface area (Å²) in [6.07, 6.45) is 0. The van der Waals surface area contributed by atoms with Gasteiger partial charge in [-0.1, -0.05) is 42.5 Å². The SMILES string of the molecule is Nc1c(S(=O)(=O)c2ccccc2)c2nc3ccccc3nc2n2c1nc1ccccc12. The van der Waals surface area contributed by atoms with Gasteiger partial charge in [-0.3, -0.25) is 4.40 Å². The summed E-state index contributed by atoms with van der Waals surface area (Å²) in [5, 5.41) is 0. The number of nitrogens with zero attached hydrogens (tertiary/aromatic N) is 4. The molecule has 2 N–H and O–H groups in total. The molecule has 8 heteroatoms. The predicted octanol–water partition coefficient (Wildman–Crippen LogP) is 4.00. The maximum absolute atomic E-state index is 13.7. The number of benzene rings is 3. The van der Waals surface area contributed by atoms with E-state index in [4.69, 9.17) is 15.7 Å². The molecular formula is C23H15N5O2S. The molecule has 3 heterocycles. The number of para-hydroxylation sites is 4. The van der Waals surface area contributed by atoms with E-state index in [2.05, 4.69) is 4.98 Å². The number of hydrogen-bond acceptors (Lipinski definition) is 6. The molecule has 0 saturated carbocycles. The second kappa shape index (κ2) is 6.23. The van der Waals surface area contributed by atoms with Gasteiger partial charge in [-0.25, -0.2) is 23.4 Å². The highest BCUT2D eigenvalue weighted by Crippen LogP contribution is 2.36. The Kier molecular flexibility index (Phi) is 3.57. The Labute approximate surface area is 176 Å². The summed E-state index contributed by atoms with van der Waals surface area (Å²) in [5.41, 5.74) is 10.2. The maximum atomic E-state index is 13.7. The molecule has 0 aliphatic carbocycles. The fraction of sp³-hybridized carbons (Fsp3) is 0. The van der Waals surface area contributed by atoms with Crippen molar-refractivity contribution in [2.75, 3.05) is 5.73 Å². The molecule has 3 aromatic carbocycles. The molecule has 31 heavy (non-hydrogen) atoms. The molecule has 0 fully saturated rings. The van der Waals surface area contributed by atoms with Crippen LogP contribution in [0.15, 0.2) is 88.7 Å². The number of fused-ring (bicyclic) bond motifs is 6. The van der Waals surface area contributed by atoms with Gasteiger partial charge in [0.2, 0.25) is 9.84 Å². The van der Waals surface area contributed by atoms with Crippen molar-refractivity contribution in [3.63, 3.8) is 0 Å². The summed E-state index contributed by atoms with van der Waals surface area (Å²) in [4.78, 5) is 14.2. The molecule has 0 bridgehead atoms. The van der Waals surface area contributed by atoms with Crippen molar-refractivity contribution in [3.05, 3.63) is 78.9 Å². The third kappa shape index (κ3) is 2.45. The van der Waals surface area contributed by atoms with Crippen LogP contribution in [0.4, 0.5) is 5.69 Å². The molecule has 3 aromatic heterocycles. The molecule has 6 rings (SSSR count). The Balaban J connectivity index is 1.89. The van der Waals surface area contributed by atoms with Gasteiger partial charge in [0.25, 0.3) is 0 Å². The summed E-state index contributed by atoms with van der Waals surface area (Å²) in [6.45, 7) is 0. The molecule has 7 nitrogen and oxygen atoms in total. The van der Waals surface area contributed by atoms with E-state index < -0.39 is 9.84 Å². The summed E-state index contributed by atoms with van der Waals surface area (Å²) in [7, 11) is -3.97. The quantitative estimate of drug-likeness (QED) is 0.421. The first-order valence-corrected chi connectivity index (χ1v) is 11.1. The lowest BCUT2D eigenvalue weighted by Crippen LogP contribution is -2.11. The molecule has 0 unspecified atom stereocenters. The Hall–Kier alpha value is -4.04. The zero-order valence-electron chi connectivity index (χ0n) is 16.1. The molecule has 6 aromatic rings. The van der Waals surface area contributed by atoms with Crippen molar-refractivity contribution < 1.29 is 8.42 Å². The van der Waals surface area contributed by atoms with Crippen molar-refractivity contribution in [1.29, 1.82) is 0 Å². The molecule has 150 valence electrons. The number of nitrogens with two attached hydrogens (primary N) is 1. The third-order valence-corrected chi connectivity index (χ3v) is 7.19. The first-order valence-electron chi connectivity index (χ1n) is 9.61. The number of anilines is 1. The maximum Gasteiger partial charge on any atom is 0.211 e. The summed E-state index contributed by atoms with van der Waals surface area (Å²) in [5.74, 6) is 0. The van der Waals surface area contributed by atoms with Crippen molar-refractivity contribution in [3.8, 4) is 0 Å². The van der Waals surface area contributed by atoms with Crippen LogP contribution in [0.3, 0.4) is 0 Å². The highest BCUT2D eigenvalue weighted by atomic mass is 32.2. The van der Waals surface area contributed by atoms with E-state index in [1.807, 2.05) is 42.5 Å². The van der Waals surface area contributed by atoms with Gasteiger partial charge in [0.05, 0.1) is 32.6 Å². The largest absolute Gasteiger partial charge is 0.395 e. The van der Waals surface area contributed by atoms with E-state index in [-0.39, 0.29) is 21.0 Å². The topological polar surface area (TPSA) is 103 Å². The highest BCUT2D eigenvalue weighted by molar-refractivity contribution is 7.92. The smallest absolute Gasteiger partial charge is 0.211 e. The molecular weight excluding hydrogens is 410 g/mol. The van der Waals surface area contributed by atoms with Crippen molar-refractivity contribution in [1.82, 2.24) is 19.4 Å². The molecule has 0 saturated heterocycles. The van der Waals surface area contributed by atoms with Crippen LogP contribution in [0.1, 0.15) is 0 Å². The zero-order valence-corrected chi connectivity index (χ0v) is 16.9. The Morgan fingerprint density at radius 2 is 1.26 bits per heavy atom. The van der Waals surface area contributed by atoms with Crippen LogP contribution in [-0.4, -0.2) is 27.8 Å². The lowest BCUT2D eigenvalue weighted by Gasteiger charge is -2.13. The van der Waals surface area contributed by atoms with Gasteiger partial charge < -0.3 is 5.73 Å². The van der Waals surface area contributed by atoms with Crippen LogP contribution in [0.25, 0.3) is 38.9 Å². The fourth-order valence-corrected chi connectivity index (χ4v) is 5.46. The second-order valence-corrected chi connectivity index (χ2v) is 9.09. The summed E-state index contributed by atoms with van der Waals surface area (Å²) in [6, 6.07) is 23.1. The van der Waals surface area contributed by atoms with E-state index >= 15 is 0 Å². The van der Waals surface area contributed by atoms with Crippen LogP contribution in [-0.2, 0) is 9.84 Å². The minimum atomic E-state index is -3.97. The molecule has 0 aliphatic rings. The number of aromatic nitrogens is 4. The molecule has 0 atom stereocenters. The summed E-state index contributed by atoms with van der Waals surface area (Å²) < 4.78 is 29.1. The van der Waals surface area contributed by atoms with E-state index in [0.29, 0.717) is 27.8 Å². The van der Waals surface area contributed by atoms with Crippen LogP contribution in [0, 0.1) is 0 Å². The third-order valence-electron chi connectivity index (χ3n) is 5.35. The van der Waals surface area contributed by atoms with Crippen LogP contribution >= 0.6 is 0 Å². The average Bonchev–Trinajstić information content (AvgIpc) is 3.19. The number of hydrogen-bond donors (Lipinski definition) is 1. The average molecular weight is 425 g/mol. The molecule has 0 amide bonds. The van der Waals surface area contributed by atoms with Gasteiger partial charge in [0, 0.05) is 0 Å². The lowest BCUT2D eigenvalue weighted by atomic mass is 10.2. The minimum absolute atomic E-state index is 0.0529. The minimum Gasteiger partial charge on any atom is -0.395 e. The number of pyridine rings is 1. The second-order valence-electron chi connectivity index (χ2n) is 7.20. The van der Waals surface area contributed by atoms with E-state index in [9.17, 15) is 8.42 Å². The van der Waals surface area contributed by atoms with Gasteiger partial charge >= 0.3 is 0 Å². The molecule has 0 aliphatic heterocycles. The number of nitrogen functional groups attached to an aromatic ring is 1. The standard InChI is InChI=1S/C23H15N5O2S/c24-19-21(31(29,30)14-8-2-1-3-9-14)20-23(26-16-11-5-4-10-15(16)25-20)28-18-13-7-6-12-17(18)27-22(19)28/h1-13H,24H2. The lowest BCUT2D eigenvalue weighted by molar-refractivity contribution is 0.597. The monoisotopic (exact) mass is 425 g/mol. The predicted molar refractivity (Wildman–Crippen MR) is 120 cm³/mol. The fourth-order valence-electron chi connectivity index (χ4n) is 3.94. The van der Waals surface area contributed by atoms with Crippen LogP contribution in [0.2, 0.25) is 0 Å². The van der Waals surface area contributed by atoms with Gasteiger partial charge in [-0.2, -0.15) is 0 Å². The number of imidazole rings is 1. The normalized spacial score (nSPS) is 12.3. The van der Waals surface area contributed by atoms with Crippen molar-refractivity contribution >= 4 is 54.4 Å². The summed E-state index contributed by atoms with van der Waals surface area (Å²) >= 11 is 0. The first kappa shape index (κ1) is 17.8. The van der Waals surface area contributed by atoms with Crippen molar-refractivity contribution in [2.24, 2.45) is 0 Å². The molecule has 0 spiro atoms. The van der Waals surface area contributed by atoms with Gasteiger partial charge in [0.1, 0.15) is 10.4 Å². The van der Waals surface area contributed by atoms with Gasteiger partial charge in [-0.05, 0) is 36.4 Å². The van der Waals surface area contributed by atoms with E-state index in [1.165, 1.54) is 0 Å². The first-order chi connectivity index (χ1) is 15.1. The van der Waals surface area contributed by atoms with E-state index in [0.717, 1.165) is 5.52 Å². The van der Waals surface area contributed by atoms with Gasteiger partial charge in [0.15, 0.2) is 11.3 Å². The number of sulfone groups is 1.